The number of likely N-dealkylation sites (N-methyl/N-ethyl adjacent to an activating group) is 1. The van der Waals surface area contributed by atoms with E-state index < -0.39 is 10.0 Å². The summed E-state index contributed by atoms with van der Waals surface area (Å²) in [6, 6.07) is 27.1. The molecule has 1 aliphatic rings. The van der Waals surface area contributed by atoms with Gasteiger partial charge in [-0.3, -0.25) is 0 Å². The maximum Gasteiger partial charge on any atom is 0.410 e. The van der Waals surface area contributed by atoms with Gasteiger partial charge in [-0.2, -0.15) is 0 Å². The lowest BCUT2D eigenvalue weighted by Crippen LogP contribution is -2.48. The minimum absolute atomic E-state index is 0.0701. The van der Waals surface area contributed by atoms with E-state index >= 15 is 0 Å². The standard InChI is InChI=1S/C34H45N3O4S/c1-4-22-37(34(38)41-27-29-17-15-28(2)16-18-29)32-20-24-36(25-21-32)23-19-31(30-11-7-5-8-12-30)26-35(3)42(39,40)33-13-9-6-10-14-33/h5-18,31-32H,4,19-27H2,1-3H3/t31-/m1/s1. The van der Waals surface area contributed by atoms with E-state index in [1.807, 2.05) is 60.4 Å². The maximum absolute atomic E-state index is 13.2. The number of nitrogens with zero attached hydrogens (tertiary/aromatic N) is 3. The van der Waals surface area contributed by atoms with Crippen LogP contribution in [0, 0.1) is 6.92 Å². The number of carbonyl (C=O) groups is 1. The summed E-state index contributed by atoms with van der Waals surface area (Å²) in [6.07, 6.45) is 3.30. The second-order valence-electron chi connectivity index (χ2n) is 11.3. The van der Waals surface area contributed by atoms with Gasteiger partial charge < -0.3 is 14.5 Å². The maximum atomic E-state index is 13.2. The molecule has 0 bridgehead atoms. The summed E-state index contributed by atoms with van der Waals surface area (Å²) >= 11 is 0. The van der Waals surface area contributed by atoms with Gasteiger partial charge in [0.05, 0.1) is 4.90 Å². The molecule has 1 amide bonds. The minimum atomic E-state index is -3.57. The van der Waals surface area contributed by atoms with Crippen molar-refractivity contribution in [3.63, 3.8) is 0 Å². The highest BCUT2D eigenvalue weighted by molar-refractivity contribution is 7.89. The van der Waals surface area contributed by atoms with Crippen LogP contribution in [-0.4, -0.2) is 74.4 Å². The lowest BCUT2D eigenvalue weighted by molar-refractivity contribution is 0.0601. The van der Waals surface area contributed by atoms with Gasteiger partial charge in [-0.1, -0.05) is 85.3 Å². The Morgan fingerprint density at radius 2 is 1.57 bits per heavy atom. The highest BCUT2D eigenvalue weighted by Gasteiger charge is 2.30. The average molecular weight is 592 g/mol. The van der Waals surface area contributed by atoms with Gasteiger partial charge in [0, 0.05) is 39.3 Å². The van der Waals surface area contributed by atoms with Crippen molar-refractivity contribution >= 4 is 16.1 Å². The van der Waals surface area contributed by atoms with Crippen molar-refractivity contribution in [1.29, 1.82) is 0 Å². The van der Waals surface area contributed by atoms with Gasteiger partial charge in [0.2, 0.25) is 10.0 Å². The Hall–Kier alpha value is -3.20. The molecule has 0 spiro atoms. The molecule has 0 radical (unpaired) electrons. The first kappa shape index (κ1) is 31.7. The summed E-state index contributed by atoms with van der Waals surface area (Å²) in [7, 11) is -1.90. The predicted molar refractivity (Wildman–Crippen MR) is 168 cm³/mol. The molecule has 7 nitrogen and oxygen atoms in total. The third-order valence-corrected chi connectivity index (χ3v) is 10.0. The molecule has 1 fully saturated rings. The number of ether oxygens (including phenoxy) is 1. The number of rotatable bonds is 13. The third kappa shape index (κ3) is 8.66. The molecule has 3 aromatic carbocycles. The van der Waals surface area contributed by atoms with Crippen LogP contribution >= 0.6 is 0 Å². The Labute approximate surface area is 252 Å². The Bertz CT molecular complexity index is 1340. The van der Waals surface area contributed by atoms with Crippen molar-refractivity contribution in [3.8, 4) is 0 Å². The topological polar surface area (TPSA) is 70.2 Å². The molecule has 8 heteroatoms. The molecule has 1 aliphatic heterocycles. The molecule has 4 rings (SSSR count). The highest BCUT2D eigenvalue weighted by Crippen LogP contribution is 2.26. The van der Waals surface area contributed by atoms with Crippen molar-refractivity contribution in [1.82, 2.24) is 14.1 Å². The van der Waals surface area contributed by atoms with E-state index in [-0.39, 0.29) is 24.7 Å². The van der Waals surface area contributed by atoms with Gasteiger partial charge in [0.15, 0.2) is 0 Å². The molecular weight excluding hydrogens is 546 g/mol. The van der Waals surface area contributed by atoms with Gasteiger partial charge in [0.1, 0.15) is 6.61 Å². The van der Waals surface area contributed by atoms with Crippen LogP contribution in [0.25, 0.3) is 0 Å². The van der Waals surface area contributed by atoms with Crippen LogP contribution in [0.5, 0.6) is 0 Å². The first-order valence-electron chi connectivity index (χ1n) is 15.1. The zero-order valence-electron chi connectivity index (χ0n) is 25.2. The minimum Gasteiger partial charge on any atom is -0.445 e. The average Bonchev–Trinajstić information content (AvgIpc) is 3.02. The number of piperidine rings is 1. The molecule has 0 N–H and O–H groups in total. The van der Waals surface area contributed by atoms with Crippen LogP contribution in [-0.2, 0) is 21.4 Å². The van der Waals surface area contributed by atoms with Crippen LogP contribution < -0.4 is 0 Å². The second-order valence-corrected chi connectivity index (χ2v) is 13.3. The zero-order chi connectivity index (χ0) is 30.0. The van der Waals surface area contributed by atoms with E-state index in [2.05, 4.69) is 24.0 Å². The SMILES string of the molecule is CCCN(C(=O)OCc1ccc(C)cc1)C1CCN(CC[C@H](CN(C)S(=O)(=O)c2ccccc2)c2ccccc2)CC1. The summed E-state index contributed by atoms with van der Waals surface area (Å²) in [5.41, 5.74) is 3.33. The van der Waals surface area contributed by atoms with Crippen molar-refractivity contribution in [2.24, 2.45) is 0 Å². The zero-order valence-corrected chi connectivity index (χ0v) is 26.0. The summed E-state index contributed by atoms with van der Waals surface area (Å²) in [6.45, 7) is 8.19. The third-order valence-electron chi connectivity index (χ3n) is 8.17. The molecule has 0 aromatic heterocycles. The number of hydrogen-bond donors (Lipinski definition) is 0. The molecule has 0 saturated carbocycles. The second kappa shape index (κ2) is 15.3. The molecule has 0 aliphatic carbocycles. The smallest absolute Gasteiger partial charge is 0.410 e. The van der Waals surface area contributed by atoms with E-state index in [0.29, 0.717) is 18.0 Å². The van der Waals surface area contributed by atoms with Gasteiger partial charge in [-0.15, -0.1) is 0 Å². The van der Waals surface area contributed by atoms with E-state index in [1.165, 1.54) is 9.87 Å². The molecule has 3 aromatic rings. The van der Waals surface area contributed by atoms with Gasteiger partial charge in [-0.25, -0.2) is 17.5 Å². The first-order valence-corrected chi connectivity index (χ1v) is 16.5. The number of carbonyl (C=O) groups excluding carboxylic acids is 1. The molecule has 1 heterocycles. The first-order chi connectivity index (χ1) is 20.3. The summed E-state index contributed by atoms with van der Waals surface area (Å²) < 4.78 is 33.6. The van der Waals surface area contributed by atoms with Crippen molar-refractivity contribution in [2.45, 2.75) is 63.0 Å². The molecule has 226 valence electrons. The number of hydrogen-bond acceptors (Lipinski definition) is 5. The summed E-state index contributed by atoms with van der Waals surface area (Å²) in [5.74, 6) is 0.0701. The number of sulfonamides is 1. The van der Waals surface area contributed by atoms with Crippen molar-refractivity contribution in [3.05, 3.63) is 102 Å². The fraction of sp³-hybridized carbons (Fsp3) is 0.441. The van der Waals surface area contributed by atoms with E-state index in [4.69, 9.17) is 4.74 Å². The molecule has 0 unspecified atom stereocenters. The van der Waals surface area contributed by atoms with Crippen molar-refractivity contribution in [2.75, 3.05) is 39.8 Å². The quantitative estimate of drug-likeness (QED) is 0.233. The predicted octanol–water partition coefficient (Wildman–Crippen LogP) is 6.30. The van der Waals surface area contributed by atoms with Crippen LogP contribution in [0.15, 0.2) is 89.8 Å². The Morgan fingerprint density at radius 1 is 0.952 bits per heavy atom. The van der Waals surface area contributed by atoms with E-state index in [9.17, 15) is 13.2 Å². The summed E-state index contributed by atoms with van der Waals surface area (Å²) in [5, 5.41) is 0. The Morgan fingerprint density at radius 3 is 2.19 bits per heavy atom. The monoisotopic (exact) mass is 591 g/mol. The lowest BCUT2D eigenvalue weighted by Gasteiger charge is -2.38. The number of likely N-dealkylation sites (tertiary alicyclic amines) is 1. The molecular formula is C34H45N3O4S. The number of aryl methyl sites for hydroxylation is 1. The molecule has 42 heavy (non-hydrogen) atoms. The lowest BCUT2D eigenvalue weighted by atomic mass is 9.94. The Kier molecular flexibility index (Phi) is 11.6. The number of amides is 1. The van der Waals surface area contributed by atoms with Crippen LogP contribution in [0.4, 0.5) is 4.79 Å². The van der Waals surface area contributed by atoms with Crippen LogP contribution in [0.2, 0.25) is 0 Å². The largest absolute Gasteiger partial charge is 0.445 e. The molecule has 1 atom stereocenters. The van der Waals surface area contributed by atoms with E-state index in [1.54, 1.807) is 31.3 Å². The van der Waals surface area contributed by atoms with Crippen molar-refractivity contribution < 1.29 is 17.9 Å². The van der Waals surface area contributed by atoms with Gasteiger partial charge >= 0.3 is 6.09 Å². The van der Waals surface area contributed by atoms with Gasteiger partial charge in [-0.05, 0) is 68.3 Å². The van der Waals surface area contributed by atoms with Crippen LogP contribution in [0.3, 0.4) is 0 Å². The normalized spacial score (nSPS) is 15.4. The van der Waals surface area contributed by atoms with Crippen LogP contribution in [0.1, 0.15) is 55.2 Å². The number of benzene rings is 3. The fourth-order valence-corrected chi connectivity index (χ4v) is 6.88. The highest BCUT2D eigenvalue weighted by atomic mass is 32.2. The fourth-order valence-electron chi connectivity index (χ4n) is 5.64. The molecule has 1 saturated heterocycles. The van der Waals surface area contributed by atoms with E-state index in [0.717, 1.165) is 56.4 Å². The summed E-state index contributed by atoms with van der Waals surface area (Å²) in [4.78, 5) is 17.7. The van der Waals surface area contributed by atoms with Gasteiger partial charge in [0.25, 0.3) is 0 Å². The Balaban J connectivity index is 1.32.